The SMILES string of the molecule is CCOC(=O)CCCNC(=O)COC(=O)c1ccc2nc(Cl)ccc2c1. The van der Waals surface area contributed by atoms with Crippen LogP contribution in [-0.4, -0.2) is 42.6 Å². The number of pyridine rings is 1. The summed E-state index contributed by atoms with van der Waals surface area (Å²) in [4.78, 5) is 39.0. The molecule has 1 aromatic carbocycles. The first-order valence-corrected chi connectivity index (χ1v) is 8.53. The van der Waals surface area contributed by atoms with Crippen molar-refractivity contribution in [3.05, 3.63) is 41.0 Å². The molecule has 1 heterocycles. The Labute approximate surface area is 155 Å². The Morgan fingerprint density at radius 2 is 1.96 bits per heavy atom. The lowest BCUT2D eigenvalue weighted by Crippen LogP contribution is -2.30. The van der Waals surface area contributed by atoms with E-state index >= 15 is 0 Å². The molecule has 0 fully saturated rings. The predicted molar refractivity (Wildman–Crippen MR) is 95.9 cm³/mol. The van der Waals surface area contributed by atoms with Gasteiger partial charge in [-0.05, 0) is 43.7 Å². The molecule has 0 aliphatic rings. The van der Waals surface area contributed by atoms with Crippen molar-refractivity contribution in [1.29, 1.82) is 0 Å². The van der Waals surface area contributed by atoms with E-state index in [0.717, 1.165) is 5.39 Å². The number of rotatable bonds is 8. The van der Waals surface area contributed by atoms with Gasteiger partial charge in [0.15, 0.2) is 6.61 Å². The van der Waals surface area contributed by atoms with Gasteiger partial charge in [-0.3, -0.25) is 9.59 Å². The molecular weight excluding hydrogens is 360 g/mol. The van der Waals surface area contributed by atoms with Crippen LogP contribution in [0, 0.1) is 0 Å². The summed E-state index contributed by atoms with van der Waals surface area (Å²) in [6.45, 7) is 1.97. The van der Waals surface area contributed by atoms with Crippen molar-refractivity contribution < 1.29 is 23.9 Å². The van der Waals surface area contributed by atoms with Gasteiger partial charge in [-0.2, -0.15) is 0 Å². The molecule has 8 heteroatoms. The molecule has 1 amide bonds. The highest BCUT2D eigenvalue weighted by molar-refractivity contribution is 6.29. The summed E-state index contributed by atoms with van der Waals surface area (Å²) in [5.41, 5.74) is 0.977. The fourth-order valence-corrected chi connectivity index (χ4v) is 2.34. The van der Waals surface area contributed by atoms with E-state index in [2.05, 4.69) is 10.3 Å². The molecule has 138 valence electrons. The zero-order valence-corrected chi connectivity index (χ0v) is 15.0. The predicted octanol–water partition coefficient (Wildman–Crippen LogP) is 2.50. The number of halogens is 1. The summed E-state index contributed by atoms with van der Waals surface area (Å²) in [6.07, 6.45) is 0.682. The molecule has 0 bridgehead atoms. The number of hydrogen-bond donors (Lipinski definition) is 1. The lowest BCUT2D eigenvalue weighted by molar-refractivity contribution is -0.143. The Morgan fingerprint density at radius 1 is 1.15 bits per heavy atom. The van der Waals surface area contributed by atoms with Gasteiger partial charge in [0.05, 0.1) is 17.7 Å². The number of nitrogens with zero attached hydrogens (tertiary/aromatic N) is 1. The smallest absolute Gasteiger partial charge is 0.338 e. The molecule has 26 heavy (non-hydrogen) atoms. The van der Waals surface area contributed by atoms with Crippen molar-refractivity contribution in [2.45, 2.75) is 19.8 Å². The molecule has 0 spiro atoms. The van der Waals surface area contributed by atoms with Crippen LogP contribution in [0.4, 0.5) is 0 Å². The van der Waals surface area contributed by atoms with Crippen molar-refractivity contribution in [3.8, 4) is 0 Å². The van der Waals surface area contributed by atoms with E-state index < -0.39 is 18.5 Å². The summed E-state index contributed by atoms with van der Waals surface area (Å²) in [7, 11) is 0. The number of fused-ring (bicyclic) bond motifs is 1. The highest BCUT2D eigenvalue weighted by Crippen LogP contribution is 2.17. The second-order valence-corrected chi connectivity index (χ2v) is 5.76. The molecule has 0 atom stereocenters. The molecule has 0 saturated carbocycles. The first kappa shape index (κ1) is 19.7. The van der Waals surface area contributed by atoms with E-state index in [1.54, 1.807) is 37.3 Å². The zero-order valence-electron chi connectivity index (χ0n) is 14.3. The molecule has 0 aliphatic heterocycles. The number of amides is 1. The van der Waals surface area contributed by atoms with E-state index in [0.29, 0.717) is 35.8 Å². The van der Waals surface area contributed by atoms with E-state index in [-0.39, 0.29) is 12.4 Å². The Bertz CT molecular complexity index is 809. The van der Waals surface area contributed by atoms with Gasteiger partial charge in [0.1, 0.15) is 5.15 Å². The molecule has 0 saturated heterocycles. The second-order valence-electron chi connectivity index (χ2n) is 5.38. The Morgan fingerprint density at radius 3 is 2.73 bits per heavy atom. The number of carbonyl (C=O) groups is 3. The van der Waals surface area contributed by atoms with Crippen LogP contribution in [-0.2, 0) is 19.1 Å². The molecule has 0 unspecified atom stereocenters. The number of nitrogens with one attached hydrogen (secondary N) is 1. The zero-order chi connectivity index (χ0) is 18.9. The summed E-state index contributed by atoms with van der Waals surface area (Å²) < 4.78 is 9.77. The van der Waals surface area contributed by atoms with Crippen LogP contribution in [0.1, 0.15) is 30.1 Å². The molecule has 0 radical (unpaired) electrons. The highest BCUT2D eigenvalue weighted by atomic mass is 35.5. The number of carbonyl (C=O) groups excluding carboxylic acids is 3. The molecule has 2 rings (SSSR count). The highest BCUT2D eigenvalue weighted by Gasteiger charge is 2.11. The average Bonchev–Trinajstić information content (AvgIpc) is 2.63. The van der Waals surface area contributed by atoms with E-state index in [4.69, 9.17) is 21.1 Å². The van der Waals surface area contributed by atoms with Crippen LogP contribution < -0.4 is 5.32 Å². The second kappa shape index (κ2) is 9.72. The summed E-state index contributed by atoms with van der Waals surface area (Å²) in [5, 5.41) is 3.69. The first-order chi connectivity index (χ1) is 12.5. The largest absolute Gasteiger partial charge is 0.466 e. The maximum absolute atomic E-state index is 12.0. The van der Waals surface area contributed by atoms with Gasteiger partial charge in [0.25, 0.3) is 5.91 Å². The number of ether oxygens (including phenoxy) is 2. The minimum absolute atomic E-state index is 0.225. The van der Waals surface area contributed by atoms with Gasteiger partial charge in [0.2, 0.25) is 0 Å². The molecule has 1 N–H and O–H groups in total. The molecule has 2 aromatic rings. The van der Waals surface area contributed by atoms with Gasteiger partial charge in [-0.25, -0.2) is 9.78 Å². The van der Waals surface area contributed by atoms with Crippen LogP contribution in [0.5, 0.6) is 0 Å². The van der Waals surface area contributed by atoms with Gasteiger partial charge in [-0.1, -0.05) is 11.6 Å². The minimum atomic E-state index is -0.608. The van der Waals surface area contributed by atoms with Crippen LogP contribution in [0.3, 0.4) is 0 Å². The van der Waals surface area contributed by atoms with Crippen LogP contribution in [0.25, 0.3) is 10.9 Å². The van der Waals surface area contributed by atoms with Crippen LogP contribution in [0.15, 0.2) is 30.3 Å². The molecule has 1 aromatic heterocycles. The topological polar surface area (TPSA) is 94.6 Å². The third kappa shape index (κ3) is 6.00. The van der Waals surface area contributed by atoms with Crippen molar-refractivity contribution in [2.75, 3.05) is 19.8 Å². The van der Waals surface area contributed by atoms with Crippen molar-refractivity contribution >= 4 is 40.3 Å². The minimum Gasteiger partial charge on any atom is -0.466 e. The van der Waals surface area contributed by atoms with E-state index in [1.807, 2.05) is 0 Å². The number of hydrogen-bond acceptors (Lipinski definition) is 6. The monoisotopic (exact) mass is 378 g/mol. The van der Waals surface area contributed by atoms with Crippen molar-refractivity contribution in [1.82, 2.24) is 10.3 Å². The maximum atomic E-state index is 12.0. The van der Waals surface area contributed by atoms with Crippen LogP contribution in [0.2, 0.25) is 5.15 Å². The lowest BCUT2D eigenvalue weighted by atomic mass is 10.1. The summed E-state index contributed by atoms with van der Waals surface area (Å²) >= 11 is 5.82. The third-order valence-electron chi connectivity index (χ3n) is 3.41. The number of aromatic nitrogens is 1. The van der Waals surface area contributed by atoms with Gasteiger partial charge in [-0.15, -0.1) is 0 Å². The summed E-state index contributed by atoms with van der Waals surface area (Å²) in [6, 6.07) is 8.22. The fraction of sp³-hybridized carbons (Fsp3) is 0.333. The quantitative estimate of drug-likeness (QED) is 0.431. The van der Waals surface area contributed by atoms with Gasteiger partial charge < -0.3 is 14.8 Å². The fourth-order valence-electron chi connectivity index (χ4n) is 2.19. The molecule has 7 nitrogen and oxygen atoms in total. The normalized spacial score (nSPS) is 10.4. The van der Waals surface area contributed by atoms with Gasteiger partial charge in [0, 0.05) is 18.4 Å². The Hall–Kier alpha value is -2.67. The number of esters is 2. The lowest BCUT2D eigenvalue weighted by Gasteiger charge is -2.07. The average molecular weight is 379 g/mol. The number of benzene rings is 1. The van der Waals surface area contributed by atoms with E-state index in [1.165, 1.54) is 0 Å². The third-order valence-corrected chi connectivity index (χ3v) is 3.62. The molecular formula is C18H19ClN2O5. The standard InChI is InChI=1S/C18H19ClN2O5/c1-2-25-17(23)4-3-9-20-16(22)11-26-18(24)13-5-7-14-12(10-13)6-8-15(19)21-14/h5-8,10H,2-4,9,11H2,1H3,(H,20,22). The van der Waals surface area contributed by atoms with E-state index in [9.17, 15) is 14.4 Å². The van der Waals surface area contributed by atoms with Gasteiger partial charge >= 0.3 is 11.9 Å². The molecule has 0 aliphatic carbocycles. The Kier molecular flexibility index (Phi) is 7.35. The Balaban J connectivity index is 1.76. The van der Waals surface area contributed by atoms with Crippen LogP contribution >= 0.6 is 11.6 Å². The summed E-state index contributed by atoms with van der Waals surface area (Å²) in [5.74, 6) is -1.35. The maximum Gasteiger partial charge on any atom is 0.338 e. The first-order valence-electron chi connectivity index (χ1n) is 8.15. The van der Waals surface area contributed by atoms with Crippen molar-refractivity contribution in [2.24, 2.45) is 0 Å². The van der Waals surface area contributed by atoms with Crippen molar-refractivity contribution in [3.63, 3.8) is 0 Å².